The predicted molar refractivity (Wildman–Crippen MR) is 107 cm³/mol. The van der Waals surface area contributed by atoms with Crippen LogP contribution in [-0.2, 0) is 10.0 Å². The molecule has 0 spiro atoms. The normalized spacial score (nSPS) is 14.1. The number of hydrogen-bond acceptors (Lipinski definition) is 4. The second kappa shape index (κ2) is 6.45. The minimum atomic E-state index is -3.84. The van der Waals surface area contributed by atoms with Crippen molar-refractivity contribution in [2.45, 2.75) is 32.6 Å². The molecule has 0 saturated heterocycles. The number of nitrogens with one attached hydrogen (secondary N) is 1. The smallest absolute Gasteiger partial charge is 0.262 e. The van der Waals surface area contributed by atoms with Crippen LogP contribution in [0.15, 0.2) is 41.3 Å². The van der Waals surface area contributed by atoms with Gasteiger partial charge >= 0.3 is 0 Å². The molecule has 1 N–H and O–H groups in total. The molecule has 0 unspecified atom stereocenters. The molecular weight excluding hydrogens is 366 g/mol. The standard InChI is InChI=1S/C20H19NO3S2/c1-11-9-12(2)14(4)20(13(11)3)26(23,24)21-17-10-18(25)19(22)16-8-6-5-7-15(16)17/h5-10,21H,1-4H3. The van der Waals surface area contributed by atoms with Crippen molar-refractivity contribution in [3.8, 4) is 0 Å². The Balaban J connectivity index is 2.14. The fourth-order valence-electron chi connectivity index (χ4n) is 3.19. The summed E-state index contributed by atoms with van der Waals surface area (Å²) in [6, 6.07) is 8.83. The van der Waals surface area contributed by atoms with Gasteiger partial charge < -0.3 is 0 Å². The maximum Gasteiger partial charge on any atom is 0.262 e. The van der Waals surface area contributed by atoms with Crippen molar-refractivity contribution in [3.63, 3.8) is 0 Å². The van der Waals surface area contributed by atoms with Gasteiger partial charge in [-0.15, -0.1) is 0 Å². The lowest BCUT2D eigenvalue weighted by molar-refractivity contribution is 0.106. The Kier molecular flexibility index (Phi) is 4.58. The molecule has 0 saturated carbocycles. The topological polar surface area (TPSA) is 63.2 Å². The molecule has 0 fully saturated rings. The summed E-state index contributed by atoms with van der Waals surface area (Å²) in [4.78, 5) is 12.6. The van der Waals surface area contributed by atoms with Gasteiger partial charge in [0.05, 0.1) is 15.5 Å². The van der Waals surface area contributed by atoms with Gasteiger partial charge in [-0.25, -0.2) is 8.42 Å². The third-order valence-electron chi connectivity index (χ3n) is 4.77. The van der Waals surface area contributed by atoms with E-state index in [-0.39, 0.29) is 15.5 Å². The van der Waals surface area contributed by atoms with Crippen LogP contribution in [0.5, 0.6) is 0 Å². The van der Waals surface area contributed by atoms with E-state index in [1.165, 1.54) is 6.08 Å². The van der Waals surface area contributed by atoms with E-state index in [0.29, 0.717) is 28.0 Å². The van der Waals surface area contributed by atoms with Crippen LogP contribution in [0.2, 0.25) is 0 Å². The van der Waals surface area contributed by atoms with Crippen LogP contribution in [0.4, 0.5) is 0 Å². The van der Waals surface area contributed by atoms with Crippen molar-refractivity contribution in [3.05, 3.63) is 69.8 Å². The summed E-state index contributed by atoms with van der Waals surface area (Å²) in [5.74, 6) is -0.266. The molecule has 2 aromatic carbocycles. The fourth-order valence-corrected chi connectivity index (χ4v) is 5.10. The van der Waals surface area contributed by atoms with Crippen LogP contribution in [0.25, 0.3) is 5.70 Å². The van der Waals surface area contributed by atoms with Crippen LogP contribution >= 0.6 is 12.2 Å². The third-order valence-corrected chi connectivity index (χ3v) is 6.71. The van der Waals surface area contributed by atoms with E-state index in [2.05, 4.69) is 4.72 Å². The first-order valence-electron chi connectivity index (χ1n) is 8.13. The maximum absolute atomic E-state index is 13.2. The quantitative estimate of drug-likeness (QED) is 0.816. The van der Waals surface area contributed by atoms with Crippen molar-refractivity contribution in [1.82, 2.24) is 4.72 Å². The molecule has 4 nitrogen and oxygen atoms in total. The zero-order chi connectivity index (χ0) is 19.2. The highest BCUT2D eigenvalue weighted by Crippen LogP contribution is 2.29. The average Bonchev–Trinajstić information content (AvgIpc) is 2.57. The Morgan fingerprint density at radius 2 is 1.46 bits per heavy atom. The predicted octanol–water partition coefficient (Wildman–Crippen LogP) is 3.81. The number of benzene rings is 2. The molecule has 0 atom stereocenters. The second-order valence-corrected chi connectivity index (χ2v) is 8.55. The number of Topliss-reactive ketones (excluding diaryl/α,β-unsaturated/α-hetero) is 1. The summed E-state index contributed by atoms with van der Waals surface area (Å²) >= 11 is 5.12. The molecule has 0 heterocycles. The molecule has 26 heavy (non-hydrogen) atoms. The van der Waals surface area contributed by atoms with Crippen LogP contribution in [-0.4, -0.2) is 19.1 Å². The molecule has 0 amide bonds. The lowest BCUT2D eigenvalue weighted by atomic mass is 9.94. The molecule has 0 aliphatic heterocycles. The minimum absolute atomic E-state index is 0.0928. The van der Waals surface area contributed by atoms with Crippen LogP contribution in [0.1, 0.15) is 38.2 Å². The molecule has 1 aliphatic rings. The minimum Gasteiger partial charge on any atom is -0.288 e. The molecular formula is C20H19NO3S2. The first kappa shape index (κ1) is 18.5. The lowest BCUT2D eigenvalue weighted by Crippen LogP contribution is -2.29. The Morgan fingerprint density at radius 1 is 0.923 bits per heavy atom. The van der Waals surface area contributed by atoms with Gasteiger partial charge in [-0.1, -0.05) is 42.5 Å². The summed E-state index contributed by atoms with van der Waals surface area (Å²) in [7, 11) is -3.84. The van der Waals surface area contributed by atoms with Crippen molar-refractivity contribution in [1.29, 1.82) is 0 Å². The summed E-state index contributed by atoms with van der Waals surface area (Å²) in [5, 5.41) is 0. The Bertz CT molecular complexity index is 1070. The fraction of sp³-hybridized carbons (Fsp3) is 0.200. The largest absolute Gasteiger partial charge is 0.288 e. The highest BCUT2D eigenvalue weighted by atomic mass is 32.2. The SMILES string of the molecule is Cc1cc(C)c(C)c(S(=O)(=O)NC2=CC(=S)C(=O)c3ccccc32)c1C. The number of hydrogen-bond donors (Lipinski definition) is 1. The van der Waals surface area contributed by atoms with Crippen molar-refractivity contribution < 1.29 is 13.2 Å². The highest BCUT2D eigenvalue weighted by Gasteiger charge is 2.28. The van der Waals surface area contributed by atoms with Crippen LogP contribution in [0.3, 0.4) is 0 Å². The first-order valence-corrected chi connectivity index (χ1v) is 10.0. The summed E-state index contributed by atoms with van der Waals surface area (Å²) in [6.45, 7) is 7.38. The van der Waals surface area contributed by atoms with Crippen LogP contribution in [0, 0.1) is 27.7 Å². The highest BCUT2D eigenvalue weighted by molar-refractivity contribution is 7.90. The van der Waals surface area contributed by atoms with E-state index in [0.717, 1.165) is 11.1 Å². The monoisotopic (exact) mass is 385 g/mol. The summed E-state index contributed by atoms with van der Waals surface area (Å²) < 4.78 is 29.0. The van der Waals surface area contributed by atoms with Crippen molar-refractivity contribution in [2.24, 2.45) is 0 Å². The number of ketones is 1. The van der Waals surface area contributed by atoms with E-state index >= 15 is 0 Å². The van der Waals surface area contributed by atoms with Gasteiger partial charge in [0.25, 0.3) is 10.0 Å². The summed E-state index contributed by atoms with van der Waals surface area (Å²) in [5.41, 5.74) is 4.52. The molecule has 6 heteroatoms. The number of aryl methyl sites for hydroxylation is 2. The number of thiocarbonyl (C=S) groups is 1. The summed E-state index contributed by atoms with van der Waals surface area (Å²) in [6.07, 6.45) is 1.42. The van der Waals surface area contributed by atoms with E-state index in [9.17, 15) is 13.2 Å². The molecule has 2 aromatic rings. The van der Waals surface area contributed by atoms with E-state index in [4.69, 9.17) is 12.2 Å². The van der Waals surface area contributed by atoms with Gasteiger partial charge in [0.2, 0.25) is 5.78 Å². The number of sulfonamides is 1. The molecule has 134 valence electrons. The van der Waals surface area contributed by atoms with E-state index < -0.39 is 10.0 Å². The van der Waals surface area contributed by atoms with Crippen LogP contribution < -0.4 is 4.72 Å². The lowest BCUT2D eigenvalue weighted by Gasteiger charge is -2.21. The van der Waals surface area contributed by atoms with E-state index in [1.54, 1.807) is 38.1 Å². The first-order chi connectivity index (χ1) is 12.1. The zero-order valence-electron chi connectivity index (χ0n) is 15.0. The number of allylic oxidation sites excluding steroid dienone is 1. The van der Waals surface area contributed by atoms with Gasteiger partial charge in [0.1, 0.15) is 0 Å². The second-order valence-electron chi connectivity index (χ2n) is 6.49. The Hall–Kier alpha value is -2.31. The average molecular weight is 386 g/mol. The third kappa shape index (κ3) is 2.99. The number of fused-ring (bicyclic) bond motifs is 1. The van der Waals surface area contributed by atoms with Gasteiger partial charge in [-0.2, -0.15) is 0 Å². The van der Waals surface area contributed by atoms with Crippen molar-refractivity contribution >= 4 is 38.6 Å². The van der Waals surface area contributed by atoms with Gasteiger partial charge in [-0.05, 0) is 56.0 Å². The molecule has 0 aromatic heterocycles. The maximum atomic E-state index is 13.2. The zero-order valence-corrected chi connectivity index (χ0v) is 16.6. The Labute approximate surface area is 159 Å². The van der Waals surface area contributed by atoms with Crippen molar-refractivity contribution in [2.75, 3.05) is 0 Å². The number of rotatable bonds is 3. The number of carbonyl (C=O) groups is 1. The molecule has 0 radical (unpaired) electrons. The molecule has 3 rings (SSSR count). The van der Waals surface area contributed by atoms with Gasteiger partial charge in [0, 0.05) is 11.1 Å². The number of carbonyl (C=O) groups excluding carboxylic acids is 1. The Morgan fingerprint density at radius 3 is 2.04 bits per heavy atom. The van der Waals surface area contributed by atoms with Gasteiger partial charge in [-0.3, -0.25) is 9.52 Å². The molecule has 0 bridgehead atoms. The molecule has 1 aliphatic carbocycles. The van der Waals surface area contributed by atoms with E-state index in [1.807, 2.05) is 19.9 Å². The van der Waals surface area contributed by atoms with Gasteiger partial charge in [0.15, 0.2) is 0 Å².